The second kappa shape index (κ2) is 7.21. The fraction of sp³-hybridized carbons (Fsp3) is 0.529. The van der Waals surface area contributed by atoms with Gasteiger partial charge in [0.05, 0.1) is 17.9 Å². The number of methoxy groups -OCH3 is 1. The van der Waals surface area contributed by atoms with Crippen LogP contribution in [0.3, 0.4) is 0 Å². The van der Waals surface area contributed by atoms with Gasteiger partial charge in [-0.3, -0.25) is 9.59 Å². The molecule has 1 fully saturated rings. The van der Waals surface area contributed by atoms with Crippen LogP contribution in [0.1, 0.15) is 54.4 Å². The monoisotopic (exact) mass is 352 g/mol. The molecule has 0 bridgehead atoms. The van der Waals surface area contributed by atoms with Gasteiger partial charge < -0.3 is 4.74 Å². The van der Waals surface area contributed by atoms with E-state index in [1.807, 2.05) is 31.2 Å². The maximum atomic E-state index is 11.9. The molecular weight excluding hydrogens is 332 g/mol. The standard InChI is InChI=1S/C17H21BrO3/c1-11(18)16(19)14-7-3-12(4-8-14)13-5-9-15(10-6-13)17(20)21-2/h3-4,7-8,11,13,15H,5-6,9-10H2,1-2H3/t11?,13-,15-. The predicted molar refractivity (Wildman–Crippen MR) is 85.9 cm³/mol. The lowest BCUT2D eigenvalue weighted by atomic mass is 9.78. The summed E-state index contributed by atoms with van der Waals surface area (Å²) in [7, 11) is 1.45. The van der Waals surface area contributed by atoms with Gasteiger partial charge in [-0.05, 0) is 44.1 Å². The predicted octanol–water partition coefficient (Wildman–Crippen LogP) is 4.10. The van der Waals surface area contributed by atoms with Crippen molar-refractivity contribution in [3.8, 4) is 0 Å². The van der Waals surface area contributed by atoms with Gasteiger partial charge >= 0.3 is 5.97 Å². The molecule has 4 heteroatoms. The Labute approximate surface area is 134 Å². The first-order valence-electron chi connectivity index (χ1n) is 7.39. The Bertz CT molecular complexity index is 499. The van der Waals surface area contributed by atoms with E-state index in [9.17, 15) is 9.59 Å². The van der Waals surface area contributed by atoms with Gasteiger partial charge in [-0.15, -0.1) is 0 Å². The maximum Gasteiger partial charge on any atom is 0.308 e. The molecule has 21 heavy (non-hydrogen) atoms. The first-order chi connectivity index (χ1) is 10.0. The molecule has 0 N–H and O–H groups in total. The van der Waals surface area contributed by atoms with Crippen LogP contribution in [0.15, 0.2) is 24.3 Å². The first kappa shape index (κ1) is 16.2. The van der Waals surface area contributed by atoms with Crippen molar-refractivity contribution in [1.82, 2.24) is 0 Å². The molecule has 1 aromatic carbocycles. The van der Waals surface area contributed by atoms with Crippen LogP contribution in [-0.4, -0.2) is 23.7 Å². The van der Waals surface area contributed by atoms with E-state index in [0.717, 1.165) is 31.2 Å². The molecule has 0 spiro atoms. The van der Waals surface area contributed by atoms with E-state index in [4.69, 9.17) is 4.74 Å². The van der Waals surface area contributed by atoms with E-state index in [1.54, 1.807) is 0 Å². The molecule has 1 aliphatic carbocycles. The Balaban J connectivity index is 1.98. The second-order valence-corrected chi connectivity index (χ2v) is 7.05. The number of ketones is 1. The zero-order chi connectivity index (χ0) is 15.4. The van der Waals surface area contributed by atoms with E-state index in [1.165, 1.54) is 12.7 Å². The van der Waals surface area contributed by atoms with Gasteiger partial charge in [0.1, 0.15) is 0 Å². The smallest absolute Gasteiger partial charge is 0.308 e. The van der Waals surface area contributed by atoms with Crippen molar-refractivity contribution < 1.29 is 14.3 Å². The lowest BCUT2D eigenvalue weighted by molar-refractivity contribution is -0.146. The maximum absolute atomic E-state index is 11.9. The summed E-state index contributed by atoms with van der Waals surface area (Å²) in [5, 5.41) is 0. The molecule has 0 aromatic heterocycles. The number of esters is 1. The lowest BCUT2D eigenvalue weighted by Crippen LogP contribution is -2.22. The number of hydrogen-bond acceptors (Lipinski definition) is 3. The van der Waals surface area contributed by atoms with Gasteiger partial charge in [0.2, 0.25) is 0 Å². The highest BCUT2D eigenvalue weighted by atomic mass is 79.9. The number of carbonyl (C=O) groups excluding carboxylic acids is 2. The number of halogens is 1. The summed E-state index contributed by atoms with van der Waals surface area (Å²) >= 11 is 3.31. The van der Waals surface area contributed by atoms with Crippen molar-refractivity contribution in [1.29, 1.82) is 0 Å². The minimum atomic E-state index is -0.154. The molecule has 0 saturated heterocycles. The summed E-state index contributed by atoms with van der Waals surface area (Å²) in [6.45, 7) is 1.84. The number of ether oxygens (including phenoxy) is 1. The van der Waals surface area contributed by atoms with Gasteiger partial charge in [0.15, 0.2) is 5.78 Å². The molecule has 0 amide bonds. The number of benzene rings is 1. The Hall–Kier alpha value is -1.16. The van der Waals surface area contributed by atoms with E-state index in [0.29, 0.717) is 5.92 Å². The van der Waals surface area contributed by atoms with Crippen molar-refractivity contribution in [3.05, 3.63) is 35.4 Å². The van der Waals surface area contributed by atoms with Crippen molar-refractivity contribution in [2.45, 2.75) is 43.4 Å². The molecule has 1 aromatic rings. The van der Waals surface area contributed by atoms with Crippen molar-refractivity contribution >= 4 is 27.7 Å². The summed E-state index contributed by atoms with van der Waals surface area (Å²) in [4.78, 5) is 23.3. The Morgan fingerprint density at radius 3 is 2.19 bits per heavy atom. The van der Waals surface area contributed by atoms with Crippen LogP contribution in [0.2, 0.25) is 0 Å². The topological polar surface area (TPSA) is 43.4 Å². The minimum Gasteiger partial charge on any atom is -0.469 e. The number of carbonyl (C=O) groups is 2. The van der Waals surface area contributed by atoms with Crippen LogP contribution < -0.4 is 0 Å². The highest BCUT2D eigenvalue weighted by Gasteiger charge is 2.27. The molecule has 0 radical (unpaired) electrons. The molecule has 0 aliphatic heterocycles. The van der Waals surface area contributed by atoms with Crippen LogP contribution in [0, 0.1) is 5.92 Å². The molecule has 1 unspecified atom stereocenters. The third-order valence-electron chi connectivity index (χ3n) is 4.29. The molecule has 3 nitrogen and oxygen atoms in total. The lowest BCUT2D eigenvalue weighted by Gasteiger charge is -2.27. The van der Waals surface area contributed by atoms with E-state index >= 15 is 0 Å². The Morgan fingerprint density at radius 2 is 1.71 bits per heavy atom. The summed E-state index contributed by atoms with van der Waals surface area (Å²) < 4.78 is 4.81. The molecule has 1 saturated carbocycles. The highest BCUT2D eigenvalue weighted by Crippen LogP contribution is 2.36. The van der Waals surface area contributed by atoms with E-state index in [2.05, 4.69) is 15.9 Å². The Kier molecular flexibility index (Phi) is 5.57. The quantitative estimate of drug-likeness (QED) is 0.465. The minimum absolute atomic E-state index is 0.0568. The third kappa shape index (κ3) is 3.94. The Morgan fingerprint density at radius 1 is 1.14 bits per heavy atom. The van der Waals surface area contributed by atoms with Crippen molar-refractivity contribution in [2.75, 3.05) is 7.11 Å². The molecule has 2 rings (SSSR count). The van der Waals surface area contributed by atoms with Gasteiger partial charge in [-0.1, -0.05) is 40.2 Å². The average molecular weight is 353 g/mol. The normalized spacial score (nSPS) is 23.4. The molecule has 1 aliphatic rings. The van der Waals surface area contributed by atoms with Gasteiger partial charge in [0.25, 0.3) is 0 Å². The highest BCUT2D eigenvalue weighted by molar-refractivity contribution is 9.10. The van der Waals surface area contributed by atoms with Gasteiger partial charge in [-0.25, -0.2) is 0 Å². The molecular formula is C17H21BrO3. The number of hydrogen-bond donors (Lipinski definition) is 0. The van der Waals surface area contributed by atoms with Crippen LogP contribution >= 0.6 is 15.9 Å². The van der Waals surface area contributed by atoms with Gasteiger partial charge in [0, 0.05) is 5.56 Å². The molecule has 0 heterocycles. The molecule has 114 valence electrons. The first-order valence-corrected chi connectivity index (χ1v) is 8.30. The van der Waals surface area contributed by atoms with Crippen LogP contribution in [0.4, 0.5) is 0 Å². The van der Waals surface area contributed by atoms with Crippen LogP contribution in [0.25, 0.3) is 0 Å². The number of alkyl halides is 1. The summed E-state index contributed by atoms with van der Waals surface area (Å²) in [6, 6.07) is 7.90. The fourth-order valence-corrected chi connectivity index (χ4v) is 3.24. The number of rotatable bonds is 4. The van der Waals surface area contributed by atoms with E-state index < -0.39 is 0 Å². The third-order valence-corrected chi connectivity index (χ3v) is 4.71. The largest absolute Gasteiger partial charge is 0.469 e. The van der Waals surface area contributed by atoms with E-state index in [-0.39, 0.29) is 22.5 Å². The van der Waals surface area contributed by atoms with Crippen molar-refractivity contribution in [3.63, 3.8) is 0 Å². The van der Waals surface area contributed by atoms with Crippen LogP contribution in [0.5, 0.6) is 0 Å². The SMILES string of the molecule is COC(=O)[C@H]1CC[C@H](c2ccc(C(=O)C(C)Br)cc2)CC1. The van der Waals surface area contributed by atoms with Crippen molar-refractivity contribution in [2.24, 2.45) is 5.92 Å². The summed E-state index contributed by atoms with van der Waals surface area (Å²) in [5.41, 5.74) is 2.00. The zero-order valence-electron chi connectivity index (χ0n) is 12.5. The number of Topliss-reactive ketones (excluding diaryl/α,β-unsaturated/α-hetero) is 1. The summed E-state index contributed by atoms with van der Waals surface area (Å²) in [6.07, 6.45) is 3.77. The van der Waals surface area contributed by atoms with Crippen LogP contribution in [-0.2, 0) is 9.53 Å². The average Bonchev–Trinajstić information content (AvgIpc) is 2.53. The second-order valence-electron chi connectivity index (χ2n) is 5.67. The molecule has 1 atom stereocenters. The zero-order valence-corrected chi connectivity index (χ0v) is 14.1. The summed E-state index contributed by atoms with van der Waals surface area (Å²) in [5.74, 6) is 0.564. The fourth-order valence-electron chi connectivity index (χ4n) is 2.98. The van der Waals surface area contributed by atoms with Gasteiger partial charge in [-0.2, -0.15) is 0 Å².